The van der Waals surface area contributed by atoms with Gasteiger partial charge >= 0.3 is 0 Å². The largest absolute Gasteiger partial charge is 0.867 e. The Morgan fingerprint density at radius 2 is 1.58 bits per heavy atom. The first kappa shape index (κ1) is 17.8. The van der Waals surface area contributed by atoms with Gasteiger partial charge in [-0.2, -0.15) is 4.57 Å². The van der Waals surface area contributed by atoms with Gasteiger partial charge in [0.1, 0.15) is 0 Å². The SMILES string of the molecule is Cc1ccc(/C([O-])=C(\C(=S)Nc2cccc(C)c2)[n+]2ccccc2)cc1. The maximum Gasteiger partial charge on any atom is 0.238 e. The minimum atomic E-state index is -0.119. The van der Waals surface area contributed by atoms with E-state index in [9.17, 15) is 5.11 Å². The number of rotatable bonds is 4. The van der Waals surface area contributed by atoms with Crippen molar-refractivity contribution in [3.8, 4) is 0 Å². The van der Waals surface area contributed by atoms with Crippen molar-refractivity contribution in [1.29, 1.82) is 0 Å². The van der Waals surface area contributed by atoms with Crippen molar-refractivity contribution in [2.75, 3.05) is 5.32 Å². The van der Waals surface area contributed by atoms with E-state index in [1.807, 2.05) is 93.0 Å². The quantitative estimate of drug-likeness (QED) is 0.334. The van der Waals surface area contributed by atoms with Crippen molar-refractivity contribution < 1.29 is 9.67 Å². The van der Waals surface area contributed by atoms with E-state index in [1.165, 1.54) is 0 Å². The van der Waals surface area contributed by atoms with E-state index < -0.39 is 0 Å². The average molecular weight is 360 g/mol. The first-order valence-electron chi connectivity index (χ1n) is 8.37. The van der Waals surface area contributed by atoms with Crippen molar-refractivity contribution in [3.05, 3.63) is 95.8 Å². The molecule has 0 aliphatic heterocycles. The van der Waals surface area contributed by atoms with Crippen LogP contribution in [0.1, 0.15) is 16.7 Å². The lowest BCUT2D eigenvalue weighted by Crippen LogP contribution is -2.39. The standard InChI is InChI=1S/C22H20N2OS/c1-16-9-11-18(12-10-16)21(25)20(24-13-4-3-5-14-24)22(26)23-19-8-6-7-17(2)15-19/h3-15H,1-2H3,(H-,23,25,26). The van der Waals surface area contributed by atoms with Crippen LogP contribution in [-0.2, 0) is 0 Å². The van der Waals surface area contributed by atoms with Crippen LogP contribution in [0.4, 0.5) is 5.69 Å². The topological polar surface area (TPSA) is 39.0 Å². The van der Waals surface area contributed by atoms with Gasteiger partial charge in [-0.15, -0.1) is 0 Å². The fourth-order valence-corrected chi connectivity index (χ4v) is 2.96. The van der Waals surface area contributed by atoms with Crippen molar-refractivity contribution in [1.82, 2.24) is 0 Å². The maximum absolute atomic E-state index is 13.2. The molecule has 130 valence electrons. The molecule has 0 atom stereocenters. The van der Waals surface area contributed by atoms with Crippen molar-refractivity contribution in [2.24, 2.45) is 0 Å². The fraction of sp³-hybridized carbons (Fsp3) is 0.0909. The fourth-order valence-electron chi connectivity index (χ4n) is 2.64. The number of pyridine rings is 1. The van der Waals surface area contributed by atoms with Crippen LogP contribution in [-0.4, -0.2) is 4.99 Å². The van der Waals surface area contributed by atoms with Gasteiger partial charge < -0.3 is 10.4 Å². The number of hydrogen-bond donors (Lipinski definition) is 1. The van der Waals surface area contributed by atoms with Gasteiger partial charge in [-0.05, 0) is 42.9 Å². The Morgan fingerprint density at radius 3 is 2.23 bits per heavy atom. The van der Waals surface area contributed by atoms with Gasteiger partial charge in [0.25, 0.3) is 0 Å². The summed E-state index contributed by atoms with van der Waals surface area (Å²) in [5.74, 6) is -0.119. The zero-order valence-corrected chi connectivity index (χ0v) is 15.6. The Bertz CT molecular complexity index is 947. The molecule has 3 rings (SSSR count). The second-order valence-electron chi connectivity index (χ2n) is 6.15. The predicted molar refractivity (Wildman–Crippen MR) is 108 cm³/mol. The zero-order valence-electron chi connectivity index (χ0n) is 14.8. The summed E-state index contributed by atoms with van der Waals surface area (Å²) in [4.78, 5) is 0.386. The number of benzene rings is 2. The number of anilines is 1. The lowest BCUT2D eigenvalue weighted by Gasteiger charge is -2.17. The normalized spacial score (nSPS) is 11.6. The molecule has 0 unspecified atom stereocenters. The summed E-state index contributed by atoms with van der Waals surface area (Å²) < 4.78 is 1.76. The van der Waals surface area contributed by atoms with Crippen LogP contribution in [0, 0.1) is 13.8 Å². The number of nitrogens with one attached hydrogen (secondary N) is 1. The van der Waals surface area contributed by atoms with Gasteiger partial charge in [0.05, 0.1) is 0 Å². The third-order valence-electron chi connectivity index (χ3n) is 3.99. The molecule has 26 heavy (non-hydrogen) atoms. The molecule has 0 saturated carbocycles. The Kier molecular flexibility index (Phi) is 5.44. The van der Waals surface area contributed by atoms with E-state index in [-0.39, 0.29) is 5.76 Å². The smallest absolute Gasteiger partial charge is 0.238 e. The number of thiocarbonyl (C=S) groups is 1. The van der Waals surface area contributed by atoms with Crippen LogP contribution in [0.15, 0.2) is 79.1 Å². The first-order chi connectivity index (χ1) is 12.5. The summed E-state index contributed by atoms with van der Waals surface area (Å²) in [6, 6.07) is 21.1. The molecule has 0 bridgehead atoms. The monoisotopic (exact) mass is 360 g/mol. The summed E-state index contributed by atoms with van der Waals surface area (Å²) in [6.07, 6.45) is 3.65. The number of nitrogens with zero attached hydrogens (tertiary/aromatic N) is 1. The molecule has 2 aromatic carbocycles. The Labute approximate surface area is 159 Å². The lowest BCUT2D eigenvalue weighted by atomic mass is 10.1. The van der Waals surface area contributed by atoms with Crippen LogP contribution in [0.2, 0.25) is 0 Å². The molecule has 1 N–H and O–H groups in total. The van der Waals surface area contributed by atoms with E-state index in [2.05, 4.69) is 5.32 Å². The molecule has 0 aliphatic carbocycles. The summed E-state index contributed by atoms with van der Waals surface area (Å²) in [5.41, 5.74) is 4.12. The van der Waals surface area contributed by atoms with Gasteiger partial charge in [0.15, 0.2) is 17.4 Å². The molecule has 3 aromatic rings. The van der Waals surface area contributed by atoms with E-state index in [4.69, 9.17) is 12.2 Å². The second kappa shape index (κ2) is 7.93. The minimum Gasteiger partial charge on any atom is -0.867 e. The molecule has 0 saturated heterocycles. The highest BCUT2D eigenvalue weighted by atomic mass is 32.1. The van der Waals surface area contributed by atoms with Gasteiger partial charge in [0.2, 0.25) is 5.70 Å². The molecule has 0 aliphatic rings. The van der Waals surface area contributed by atoms with Crippen LogP contribution in [0.5, 0.6) is 0 Å². The van der Waals surface area contributed by atoms with Crippen LogP contribution >= 0.6 is 12.2 Å². The molecular weight excluding hydrogens is 340 g/mol. The molecule has 0 radical (unpaired) electrons. The molecule has 0 fully saturated rings. The van der Waals surface area contributed by atoms with Gasteiger partial charge in [-0.1, -0.05) is 60.2 Å². The van der Waals surface area contributed by atoms with E-state index in [0.29, 0.717) is 16.2 Å². The van der Waals surface area contributed by atoms with E-state index in [0.717, 1.165) is 16.8 Å². The third kappa shape index (κ3) is 4.16. The molecule has 1 aromatic heterocycles. The van der Waals surface area contributed by atoms with Gasteiger partial charge in [0, 0.05) is 17.8 Å². The summed E-state index contributed by atoms with van der Waals surface area (Å²) in [6.45, 7) is 4.01. The maximum atomic E-state index is 13.2. The minimum absolute atomic E-state index is 0.119. The number of aromatic nitrogens is 1. The van der Waals surface area contributed by atoms with Crippen molar-refractivity contribution in [3.63, 3.8) is 0 Å². The summed E-state index contributed by atoms with van der Waals surface area (Å²) in [5, 5.41) is 16.4. The second-order valence-corrected chi connectivity index (χ2v) is 6.56. The summed E-state index contributed by atoms with van der Waals surface area (Å²) in [7, 11) is 0. The molecule has 0 amide bonds. The van der Waals surface area contributed by atoms with Gasteiger partial charge in [-0.25, -0.2) is 0 Å². The van der Waals surface area contributed by atoms with E-state index in [1.54, 1.807) is 4.57 Å². The third-order valence-corrected chi connectivity index (χ3v) is 4.29. The number of hydrogen-bond acceptors (Lipinski definition) is 2. The molecule has 3 nitrogen and oxygen atoms in total. The highest BCUT2D eigenvalue weighted by Crippen LogP contribution is 2.18. The Hall–Kier alpha value is -2.98. The Morgan fingerprint density at radius 1 is 0.885 bits per heavy atom. The first-order valence-corrected chi connectivity index (χ1v) is 8.78. The molecule has 0 spiro atoms. The zero-order chi connectivity index (χ0) is 18.5. The highest BCUT2D eigenvalue weighted by molar-refractivity contribution is 7.81. The molecule has 1 heterocycles. The van der Waals surface area contributed by atoms with Crippen LogP contribution in [0.25, 0.3) is 11.5 Å². The van der Waals surface area contributed by atoms with Crippen molar-refractivity contribution in [2.45, 2.75) is 13.8 Å². The number of aryl methyl sites for hydroxylation is 2. The van der Waals surface area contributed by atoms with E-state index >= 15 is 0 Å². The summed E-state index contributed by atoms with van der Waals surface area (Å²) >= 11 is 5.59. The Balaban J connectivity index is 2.05. The predicted octanol–water partition coefficient (Wildman–Crippen LogP) is 3.72. The highest BCUT2D eigenvalue weighted by Gasteiger charge is 2.18. The van der Waals surface area contributed by atoms with Crippen molar-refractivity contribution >= 4 is 34.3 Å². The van der Waals surface area contributed by atoms with Gasteiger partial charge in [-0.3, -0.25) is 0 Å². The molecule has 4 heteroatoms. The average Bonchev–Trinajstić information content (AvgIpc) is 2.63. The van der Waals surface area contributed by atoms with Crippen LogP contribution in [0.3, 0.4) is 0 Å². The van der Waals surface area contributed by atoms with Crippen LogP contribution < -0.4 is 15.0 Å². The molecular formula is C22H20N2OS. The lowest BCUT2D eigenvalue weighted by molar-refractivity contribution is -0.577.